The average Bonchev–Trinajstić information content (AvgIpc) is 2.60. The van der Waals surface area contributed by atoms with Crippen LogP contribution < -0.4 is 10.6 Å². The second-order valence-corrected chi connectivity index (χ2v) is 6.20. The molecular formula is C20H24N2O3. The number of aliphatic hydroxyl groups is 1. The number of aliphatic hydroxyl groups excluding tert-OH is 1. The van der Waals surface area contributed by atoms with E-state index in [1.54, 1.807) is 36.4 Å². The summed E-state index contributed by atoms with van der Waals surface area (Å²) in [6.07, 6.45) is 0.631. The van der Waals surface area contributed by atoms with Gasteiger partial charge in [0, 0.05) is 18.7 Å². The van der Waals surface area contributed by atoms with E-state index in [4.69, 9.17) is 5.11 Å². The molecule has 0 fully saturated rings. The van der Waals surface area contributed by atoms with Crippen molar-refractivity contribution in [3.63, 3.8) is 0 Å². The molecule has 2 aromatic rings. The molecule has 0 aromatic heterocycles. The molecule has 5 heteroatoms. The zero-order valence-corrected chi connectivity index (χ0v) is 14.6. The molecule has 5 nitrogen and oxygen atoms in total. The van der Waals surface area contributed by atoms with E-state index in [2.05, 4.69) is 10.6 Å². The van der Waals surface area contributed by atoms with Crippen LogP contribution in [-0.4, -0.2) is 30.1 Å². The zero-order valence-electron chi connectivity index (χ0n) is 14.6. The van der Waals surface area contributed by atoms with Gasteiger partial charge >= 0.3 is 0 Å². The summed E-state index contributed by atoms with van der Waals surface area (Å²) in [7, 11) is 0. The maximum Gasteiger partial charge on any atom is 0.255 e. The summed E-state index contributed by atoms with van der Waals surface area (Å²) in [5.41, 5.74) is 2.43. The molecule has 132 valence electrons. The van der Waals surface area contributed by atoms with Crippen molar-refractivity contribution < 1.29 is 14.7 Å². The lowest BCUT2D eigenvalue weighted by Gasteiger charge is -2.14. The highest BCUT2D eigenvalue weighted by Gasteiger charge is 2.14. The fourth-order valence-electron chi connectivity index (χ4n) is 2.46. The molecule has 1 unspecified atom stereocenters. The van der Waals surface area contributed by atoms with E-state index in [9.17, 15) is 9.59 Å². The molecule has 2 amide bonds. The Labute approximate surface area is 148 Å². The lowest BCUT2D eigenvalue weighted by atomic mass is 10.1. The second-order valence-electron chi connectivity index (χ2n) is 6.20. The van der Waals surface area contributed by atoms with Crippen molar-refractivity contribution in [3.8, 4) is 0 Å². The number of rotatable bonds is 7. The van der Waals surface area contributed by atoms with Crippen LogP contribution in [0.15, 0.2) is 48.5 Å². The largest absolute Gasteiger partial charge is 0.396 e. The minimum absolute atomic E-state index is 0.0974. The third-order valence-corrected chi connectivity index (χ3v) is 3.93. The summed E-state index contributed by atoms with van der Waals surface area (Å²) in [6, 6.07) is 14.2. The van der Waals surface area contributed by atoms with Gasteiger partial charge in [-0.05, 0) is 43.5 Å². The topological polar surface area (TPSA) is 78.4 Å². The van der Waals surface area contributed by atoms with Crippen molar-refractivity contribution in [1.82, 2.24) is 5.32 Å². The summed E-state index contributed by atoms with van der Waals surface area (Å²) < 4.78 is 0. The maximum absolute atomic E-state index is 12.4. The third kappa shape index (κ3) is 5.43. The number of carbonyl (C=O) groups is 2. The van der Waals surface area contributed by atoms with Crippen molar-refractivity contribution in [2.45, 2.75) is 20.3 Å². The van der Waals surface area contributed by atoms with Crippen LogP contribution >= 0.6 is 0 Å². The van der Waals surface area contributed by atoms with Crippen molar-refractivity contribution >= 4 is 17.5 Å². The number of hydrogen-bond donors (Lipinski definition) is 3. The molecule has 25 heavy (non-hydrogen) atoms. The molecule has 0 aliphatic rings. The smallest absolute Gasteiger partial charge is 0.255 e. The quantitative estimate of drug-likeness (QED) is 0.725. The van der Waals surface area contributed by atoms with Gasteiger partial charge in [-0.1, -0.05) is 36.8 Å². The van der Waals surface area contributed by atoms with Gasteiger partial charge in [0.05, 0.1) is 11.3 Å². The predicted molar refractivity (Wildman–Crippen MR) is 98.8 cm³/mol. The molecule has 1 atom stereocenters. The van der Waals surface area contributed by atoms with E-state index in [1.807, 2.05) is 26.0 Å². The van der Waals surface area contributed by atoms with Gasteiger partial charge in [-0.15, -0.1) is 0 Å². The monoisotopic (exact) mass is 340 g/mol. The number of benzene rings is 2. The molecule has 2 rings (SSSR count). The van der Waals surface area contributed by atoms with Crippen LogP contribution in [0.4, 0.5) is 5.69 Å². The number of amides is 2. The lowest BCUT2D eigenvalue weighted by molar-refractivity contribution is 0.0946. The Bertz CT molecular complexity index is 743. The summed E-state index contributed by atoms with van der Waals surface area (Å²) in [5, 5.41) is 14.6. The fraction of sp³-hybridized carbons (Fsp3) is 0.300. The van der Waals surface area contributed by atoms with Crippen LogP contribution in [0, 0.1) is 12.8 Å². The minimum Gasteiger partial charge on any atom is -0.396 e. The second kappa shape index (κ2) is 8.99. The number of hydrogen-bond acceptors (Lipinski definition) is 3. The molecule has 0 spiro atoms. The molecule has 0 radical (unpaired) electrons. The van der Waals surface area contributed by atoms with E-state index < -0.39 is 0 Å². The Morgan fingerprint density at radius 3 is 2.56 bits per heavy atom. The number of carbonyl (C=O) groups excluding carboxylic acids is 2. The normalized spacial score (nSPS) is 11.6. The number of aryl methyl sites for hydroxylation is 1. The Hall–Kier alpha value is -2.66. The molecule has 2 aromatic carbocycles. The highest BCUT2D eigenvalue weighted by Crippen LogP contribution is 2.17. The third-order valence-electron chi connectivity index (χ3n) is 3.93. The Morgan fingerprint density at radius 1 is 1.08 bits per heavy atom. The summed E-state index contributed by atoms with van der Waals surface area (Å²) in [5.74, 6) is -0.314. The first kappa shape index (κ1) is 18.7. The van der Waals surface area contributed by atoms with Gasteiger partial charge in [-0.25, -0.2) is 0 Å². The minimum atomic E-state index is -0.252. The Balaban J connectivity index is 2.09. The molecular weight excluding hydrogens is 316 g/mol. The molecule has 0 aliphatic heterocycles. The predicted octanol–water partition coefficient (Wildman–Crippen LogP) is 3.00. The van der Waals surface area contributed by atoms with Gasteiger partial charge in [0.25, 0.3) is 11.8 Å². The van der Waals surface area contributed by atoms with E-state index in [1.165, 1.54) is 0 Å². The van der Waals surface area contributed by atoms with Crippen LogP contribution in [0.3, 0.4) is 0 Å². The van der Waals surface area contributed by atoms with Crippen LogP contribution in [0.25, 0.3) is 0 Å². The first-order valence-electron chi connectivity index (χ1n) is 8.37. The van der Waals surface area contributed by atoms with Gasteiger partial charge in [-0.3, -0.25) is 9.59 Å². The lowest BCUT2D eigenvalue weighted by Crippen LogP contribution is -2.29. The van der Waals surface area contributed by atoms with E-state index in [-0.39, 0.29) is 24.3 Å². The van der Waals surface area contributed by atoms with E-state index >= 15 is 0 Å². The number of nitrogens with one attached hydrogen (secondary N) is 2. The van der Waals surface area contributed by atoms with Crippen LogP contribution in [0.1, 0.15) is 39.6 Å². The van der Waals surface area contributed by atoms with E-state index in [0.29, 0.717) is 29.8 Å². The van der Waals surface area contributed by atoms with Crippen molar-refractivity contribution in [2.75, 3.05) is 18.5 Å². The van der Waals surface area contributed by atoms with Crippen molar-refractivity contribution in [1.29, 1.82) is 0 Å². The van der Waals surface area contributed by atoms with Gasteiger partial charge in [0.1, 0.15) is 0 Å². The zero-order chi connectivity index (χ0) is 18.2. The Kier molecular flexibility index (Phi) is 6.71. The van der Waals surface area contributed by atoms with Crippen LogP contribution in [0.2, 0.25) is 0 Å². The van der Waals surface area contributed by atoms with Crippen molar-refractivity contribution in [2.24, 2.45) is 5.92 Å². The van der Waals surface area contributed by atoms with Crippen LogP contribution in [0.5, 0.6) is 0 Å². The standard InChI is InChI=1S/C20H24N2O3/c1-14-6-5-7-16(12-14)19(24)22-18-9-4-3-8-17(18)20(25)21-13-15(2)10-11-23/h3-9,12,15,23H,10-11,13H2,1-2H3,(H,21,25)(H,22,24). The average molecular weight is 340 g/mol. The SMILES string of the molecule is Cc1cccc(C(=O)Nc2ccccc2C(=O)NCC(C)CCO)c1. The van der Waals surface area contributed by atoms with Crippen molar-refractivity contribution in [3.05, 3.63) is 65.2 Å². The highest BCUT2D eigenvalue weighted by molar-refractivity contribution is 6.09. The first-order valence-corrected chi connectivity index (χ1v) is 8.37. The number of anilines is 1. The molecule has 0 saturated carbocycles. The fourth-order valence-corrected chi connectivity index (χ4v) is 2.46. The van der Waals surface area contributed by atoms with Gasteiger partial charge in [-0.2, -0.15) is 0 Å². The van der Waals surface area contributed by atoms with E-state index in [0.717, 1.165) is 5.56 Å². The van der Waals surface area contributed by atoms with Crippen LogP contribution in [-0.2, 0) is 0 Å². The Morgan fingerprint density at radius 2 is 1.84 bits per heavy atom. The van der Waals surface area contributed by atoms with Gasteiger partial charge < -0.3 is 15.7 Å². The summed E-state index contributed by atoms with van der Waals surface area (Å²) in [4.78, 5) is 24.8. The maximum atomic E-state index is 12.4. The highest BCUT2D eigenvalue weighted by atomic mass is 16.3. The molecule has 3 N–H and O–H groups in total. The van der Waals surface area contributed by atoms with Gasteiger partial charge in [0.2, 0.25) is 0 Å². The molecule has 0 aliphatic carbocycles. The number of para-hydroxylation sites is 1. The molecule has 0 bridgehead atoms. The van der Waals surface area contributed by atoms with Gasteiger partial charge in [0.15, 0.2) is 0 Å². The molecule has 0 heterocycles. The molecule has 0 saturated heterocycles. The summed E-state index contributed by atoms with van der Waals surface area (Å²) in [6.45, 7) is 4.45. The summed E-state index contributed by atoms with van der Waals surface area (Å²) >= 11 is 0. The first-order chi connectivity index (χ1) is 12.0.